The van der Waals surface area contributed by atoms with Crippen LogP contribution in [0.1, 0.15) is 16.7 Å². The van der Waals surface area contributed by atoms with Crippen LogP contribution in [0.25, 0.3) is 0 Å². The van der Waals surface area contributed by atoms with Gasteiger partial charge in [-0.05, 0) is 19.1 Å². The average Bonchev–Trinajstić information content (AvgIpc) is 2.95. The van der Waals surface area contributed by atoms with Crippen LogP contribution in [-0.4, -0.2) is 49.4 Å². The molecule has 0 amide bonds. The third-order valence-corrected chi connectivity index (χ3v) is 3.81. The van der Waals surface area contributed by atoms with Gasteiger partial charge < -0.3 is 25.7 Å². The first-order valence-electron chi connectivity index (χ1n) is 6.33. The van der Waals surface area contributed by atoms with Crippen molar-refractivity contribution in [1.29, 1.82) is 0 Å². The van der Waals surface area contributed by atoms with Crippen molar-refractivity contribution >= 4 is 22.2 Å². The van der Waals surface area contributed by atoms with E-state index >= 15 is 0 Å². The van der Waals surface area contributed by atoms with Crippen LogP contribution in [0.4, 0.5) is 10.8 Å². The maximum absolute atomic E-state index is 9.87. The SMILES string of the molecule is Cc1ccc(Nc2nnc(C(O)C(O)C(O)CO)s2)cc1. The van der Waals surface area contributed by atoms with Gasteiger partial charge in [-0.3, -0.25) is 0 Å². The molecule has 1 heterocycles. The minimum atomic E-state index is -1.52. The van der Waals surface area contributed by atoms with Crippen molar-refractivity contribution in [2.24, 2.45) is 0 Å². The van der Waals surface area contributed by atoms with Gasteiger partial charge in [0, 0.05) is 5.69 Å². The molecular formula is C13H17N3O4S. The second-order valence-corrected chi connectivity index (χ2v) is 5.63. The number of hydrogen-bond acceptors (Lipinski definition) is 8. The summed E-state index contributed by atoms with van der Waals surface area (Å²) >= 11 is 1.06. The highest BCUT2D eigenvalue weighted by Crippen LogP contribution is 2.27. The summed E-state index contributed by atoms with van der Waals surface area (Å²) in [6, 6.07) is 7.66. The smallest absolute Gasteiger partial charge is 0.210 e. The fourth-order valence-electron chi connectivity index (χ4n) is 1.63. The number of anilines is 2. The Kier molecular flexibility index (Phi) is 5.21. The lowest BCUT2D eigenvalue weighted by molar-refractivity contribution is -0.0778. The third kappa shape index (κ3) is 3.96. The molecule has 3 atom stereocenters. The molecule has 5 N–H and O–H groups in total. The summed E-state index contributed by atoms with van der Waals surface area (Å²) < 4.78 is 0. The van der Waals surface area contributed by atoms with E-state index in [0.717, 1.165) is 22.6 Å². The summed E-state index contributed by atoms with van der Waals surface area (Å²) in [7, 11) is 0. The van der Waals surface area contributed by atoms with E-state index in [2.05, 4.69) is 15.5 Å². The van der Waals surface area contributed by atoms with Gasteiger partial charge >= 0.3 is 0 Å². The van der Waals surface area contributed by atoms with E-state index in [0.29, 0.717) is 5.13 Å². The van der Waals surface area contributed by atoms with Gasteiger partial charge in [0.1, 0.15) is 18.3 Å². The summed E-state index contributed by atoms with van der Waals surface area (Å²) in [4.78, 5) is 0. The van der Waals surface area contributed by atoms with Crippen molar-refractivity contribution in [1.82, 2.24) is 10.2 Å². The summed E-state index contributed by atoms with van der Waals surface area (Å²) in [5.41, 5.74) is 1.96. The van der Waals surface area contributed by atoms with Gasteiger partial charge in [0.25, 0.3) is 0 Å². The lowest BCUT2D eigenvalue weighted by atomic mass is 10.1. The molecule has 2 aromatic rings. The van der Waals surface area contributed by atoms with E-state index in [1.54, 1.807) is 0 Å². The molecule has 0 saturated heterocycles. The second-order valence-electron chi connectivity index (χ2n) is 4.62. The van der Waals surface area contributed by atoms with E-state index in [4.69, 9.17) is 5.11 Å². The number of aromatic nitrogens is 2. The Balaban J connectivity index is 2.05. The van der Waals surface area contributed by atoms with Crippen LogP contribution in [0.5, 0.6) is 0 Å². The molecule has 0 aliphatic carbocycles. The van der Waals surface area contributed by atoms with Gasteiger partial charge in [0.05, 0.1) is 6.61 Å². The maximum atomic E-state index is 9.87. The summed E-state index contributed by atoms with van der Waals surface area (Å²) in [6.45, 7) is 1.34. The van der Waals surface area contributed by atoms with Crippen LogP contribution < -0.4 is 5.32 Å². The number of aliphatic hydroxyl groups excluding tert-OH is 4. The highest BCUT2D eigenvalue weighted by atomic mass is 32.1. The normalized spacial score (nSPS) is 15.5. The molecule has 21 heavy (non-hydrogen) atoms. The Labute approximate surface area is 125 Å². The van der Waals surface area contributed by atoms with Crippen LogP contribution in [0.2, 0.25) is 0 Å². The van der Waals surface area contributed by atoms with Crippen molar-refractivity contribution in [3.8, 4) is 0 Å². The zero-order valence-corrected chi connectivity index (χ0v) is 12.2. The minimum absolute atomic E-state index is 0.157. The van der Waals surface area contributed by atoms with Gasteiger partial charge in [-0.2, -0.15) is 0 Å². The molecule has 0 radical (unpaired) electrons. The van der Waals surface area contributed by atoms with Gasteiger partial charge in [-0.25, -0.2) is 0 Å². The fourth-order valence-corrected chi connectivity index (χ4v) is 2.42. The summed E-state index contributed by atoms with van der Waals surface area (Å²) in [5.74, 6) is 0. The number of nitrogens with zero attached hydrogens (tertiary/aromatic N) is 2. The topological polar surface area (TPSA) is 119 Å². The zero-order valence-electron chi connectivity index (χ0n) is 11.3. The Morgan fingerprint density at radius 3 is 2.43 bits per heavy atom. The molecule has 1 aromatic carbocycles. The number of nitrogens with one attached hydrogen (secondary N) is 1. The van der Waals surface area contributed by atoms with Crippen LogP contribution in [-0.2, 0) is 0 Å². The minimum Gasteiger partial charge on any atom is -0.394 e. The van der Waals surface area contributed by atoms with Crippen molar-refractivity contribution in [3.63, 3.8) is 0 Å². The van der Waals surface area contributed by atoms with Crippen molar-refractivity contribution < 1.29 is 20.4 Å². The van der Waals surface area contributed by atoms with E-state index in [1.165, 1.54) is 0 Å². The Morgan fingerprint density at radius 1 is 1.14 bits per heavy atom. The monoisotopic (exact) mass is 311 g/mol. The third-order valence-electron chi connectivity index (χ3n) is 2.90. The second kappa shape index (κ2) is 6.92. The molecule has 0 aliphatic rings. The summed E-state index contributed by atoms with van der Waals surface area (Å²) in [6.07, 6.45) is -4.36. The predicted molar refractivity (Wildman–Crippen MR) is 78.4 cm³/mol. The lowest BCUT2D eigenvalue weighted by Crippen LogP contribution is -2.34. The zero-order chi connectivity index (χ0) is 15.4. The molecule has 3 unspecified atom stereocenters. The van der Waals surface area contributed by atoms with Crippen LogP contribution in [0.15, 0.2) is 24.3 Å². The predicted octanol–water partition coefficient (Wildman–Crippen LogP) is 0.338. The number of rotatable bonds is 6. The van der Waals surface area contributed by atoms with Gasteiger partial charge in [-0.1, -0.05) is 29.0 Å². The fraction of sp³-hybridized carbons (Fsp3) is 0.385. The highest BCUT2D eigenvalue weighted by molar-refractivity contribution is 7.15. The van der Waals surface area contributed by atoms with Crippen LogP contribution in [0.3, 0.4) is 0 Å². The standard InChI is InChI=1S/C13H17N3O4S/c1-7-2-4-8(5-3-7)14-13-16-15-12(21-13)11(20)10(19)9(18)6-17/h2-5,9-11,17-20H,6H2,1H3,(H,14,16). The molecule has 0 spiro atoms. The van der Waals surface area contributed by atoms with Gasteiger partial charge in [0.15, 0.2) is 5.01 Å². The van der Waals surface area contributed by atoms with E-state index in [9.17, 15) is 15.3 Å². The first kappa shape index (κ1) is 15.8. The van der Waals surface area contributed by atoms with Crippen molar-refractivity contribution in [2.75, 3.05) is 11.9 Å². The average molecular weight is 311 g/mol. The first-order chi connectivity index (χ1) is 10.0. The lowest BCUT2D eigenvalue weighted by Gasteiger charge is -2.19. The molecule has 1 aromatic heterocycles. The molecule has 0 fully saturated rings. The van der Waals surface area contributed by atoms with Crippen molar-refractivity contribution in [3.05, 3.63) is 34.8 Å². The molecule has 0 aliphatic heterocycles. The molecule has 114 valence electrons. The van der Waals surface area contributed by atoms with Gasteiger partial charge in [0.2, 0.25) is 5.13 Å². The number of aryl methyl sites for hydroxylation is 1. The van der Waals surface area contributed by atoms with Crippen molar-refractivity contribution in [2.45, 2.75) is 25.2 Å². The molecular weight excluding hydrogens is 294 g/mol. The molecule has 0 bridgehead atoms. The molecule has 0 saturated carbocycles. The molecule has 7 nitrogen and oxygen atoms in total. The van der Waals surface area contributed by atoms with E-state index in [-0.39, 0.29) is 5.01 Å². The van der Waals surface area contributed by atoms with Crippen LogP contribution >= 0.6 is 11.3 Å². The first-order valence-corrected chi connectivity index (χ1v) is 7.15. The highest BCUT2D eigenvalue weighted by Gasteiger charge is 2.28. The quantitative estimate of drug-likeness (QED) is 0.522. The van der Waals surface area contributed by atoms with Gasteiger partial charge in [-0.15, -0.1) is 10.2 Å². The van der Waals surface area contributed by atoms with E-state index < -0.39 is 24.9 Å². The summed E-state index contributed by atoms with van der Waals surface area (Å²) in [5, 5.41) is 48.8. The molecule has 8 heteroatoms. The Morgan fingerprint density at radius 2 is 1.81 bits per heavy atom. The van der Waals surface area contributed by atoms with E-state index in [1.807, 2.05) is 31.2 Å². The Bertz CT molecular complexity index is 575. The maximum Gasteiger partial charge on any atom is 0.210 e. The Hall–Kier alpha value is -1.58. The van der Waals surface area contributed by atoms with Crippen LogP contribution in [0, 0.1) is 6.92 Å². The number of hydrogen-bond donors (Lipinski definition) is 5. The number of aliphatic hydroxyl groups is 4. The largest absolute Gasteiger partial charge is 0.394 e. The number of benzene rings is 1. The molecule has 2 rings (SSSR count).